The molecule has 0 aliphatic rings. The van der Waals surface area contributed by atoms with E-state index in [9.17, 15) is 0 Å². The number of aromatic nitrogens is 2. The number of rotatable bonds is 7. The van der Waals surface area contributed by atoms with Crippen molar-refractivity contribution in [3.63, 3.8) is 0 Å². The molecule has 0 aliphatic carbocycles. The maximum absolute atomic E-state index is 2.43. The molecule has 3 heteroatoms. The Hall–Kier alpha value is -7.62. The number of hydrogen-bond acceptors (Lipinski definition) is 1. The minimum atomic E-state index is 1.07. The van der Waals surface area contributed by atoms with Gasteiger partial charge in [0.15, 0.2) is 0 Å². The van der Waals surface area contributed by atoms with Crippen molar-refractivity contribution in [2.75, 3.05) is 4.90 Å². The van der Waals surface area contributed by atoms with Crippen LogP contribution in [0.25, 0.3) is 77.2 Å². The van der Waals surface area contributed by atoms with Gasteiger partial charge in [-0.2, -0.15) is 0 Å². The highest BCUT2D eigenvalue weighted by atomic mass is 15.2. The van der Waals surface area contributed by atoms with Crippen molar-refractivity contribution >= 4 is 60.7 Å². The van der Waals surface area contributed by atoms with Crippen LogP contribution in [0.3, 0.4) is 0 Å². The first-order valence-electron chi connectivity index (χ1n) is 19.5. The standard InChI is InChI=1S/C54H37N3/c1-3-18-38(19-4-1)39-20-15-24-42(36-39)55(52-34-13-14-35-53(52)57-50-32-11-7-26-45(50)46-27-8-12-33-51(46)57)43-25-16-21-40(37-43)44-29-17-30-48-47-28-9-10-31-49(47)56(54(44)48)41-22-5-2-6-23-41/h1-37H. The van der Waals surface area contributed by atoms with E-state index in [2.05, 4.69) is 238 Å². The zero-order chi connectivity index (χ0) is 37.7. The lowest BCUT2D eigenvalue weighted by Gasteiger charge is -2.29. The average molecular weight is 728 g/mol. The topological polar surface area (TPSA) is 13.1 Å². The highest BCUT2D eigenvalue weighted by Crippen LogP contribution is 2.44. The van der Waals surface area contributed by atoms with Crippen molar-refractivity contribution in [1.82, 2.24) is 9.13 Å². The summed E-state index contributed by atoms with van der Waals surface area (Å²) in [6.45, 7) is 0. The van der Waals surface area contributed by atoms with E-state index in [1.807, 2.05) is 0 Å². The van der Waals surface area contributed by atoms with E-state index in [0.717, 1.165) is 34.0 Å². The van der Waals surface area contributed by atoms with Gasteiger partial charge < -0.3 is 14.0 Å². The molecular formula is C54H37N3. The van der Waals surface area contributed by atoms with Crippen LogP contribution in [0, 0.1) is 0 Å². The first kappa shape index (κ1) is 32.8. The molecule has 0 unspecified atom stereocenters. The second-order valence-electron chi connectivity index (χ2n) is 14.6. The number of nitrogens with zero attached hydrogens (tertiary/aromatic N) is 3. The maximum atomic E-state index is 2.43. The van der Waals surface area contributed by atoms with Crippen molar-refractivity contribution in [1.29, 1.82) is 0 Å². The largest absolute Gasteiger partial charge is 0.309 e. The Morgan fingerprint density at radius 3 is 1.47 bits per heavy atom. The molecule has 0 N–H and O–H groups in total. The molecule has 11 rings (SSSR count). The summed E-state index contributed by atoms with van der Waals surface area (Å²) in [4.78, 5) is 2.43. The van der Waals surface area contributed by atoms with Gasteiger partial charge in [0.25, 0.3) is 0 Å². The second kappa shape index (κ2) is 13.6. The van der Waals surface area contributed by atoms with Crippen LogP contribution in [0.4, 0.5) is 17.1 Å². The minimum Gasteiger partial charge on any atom is -0.309 e. The molecule has 2 aromatic heterocycles. The van der Waals surface area contributed by atoms with Crippen LogP contribution < -0.4 is 4.90 Å². The van der Waals surface area contributed by atoms with Crippen molar-refractivity contribution in [3.05, 3.63) is 224 Å². The van der Waals surface area contributed by atoms with Crippen molar-refractivity contribution in [2.45, 2.75) is 0 Å². The zero-order valence-electron chi connectivity index (χ0n) is 31.2. The Kier molecular flexibility index (Phi) is 7.82. The van der Waals surface area contributed by atoms with E-state index in [-0.39, 0.29) is 0 Å². The Morgan fingerprint density at radius 1 is 0.316 bits per heavy atom. The smallest absolute Gasteiger partial charge is 0.0702 e. The van der Waals surface area contributed by atoms with Crippen LogP contribution in [0.1, 0.15) is 0 Å². The molecule has 0 fully saturated rings. The molecule has 0 atom stereocenters. The number of benzene rings is 9. The lowest BCUT2D eigenvalue weighted by Crippen LogP contribution is -2.13. The molecule has 2 heterocycles. The van der Waals surface area contributed by atoms with Gasteiger partial charge in [-0.05, 0) is 83.4 Å². The van der Waals surface area contributed by atoms with Crippen LogP contribution in [0.15, 0.2) is 224 Å². The van der Waals surface area contributed by atoms with Gasteiger partial charge in [0, 0.05) is 44.2 Å². The quantitative estimate of drug-likeness (QED) is 0.159. The molecule has 0 radical (unpaired) electrons. The minimum absolute atomic E-state index is 1.07. The Morgan fingerprint density at radius 2 is 0.789 bits per heavy atom. The molecule has 11 aromatic rings. The number of fused-ring (bicyclic) bond motifs is 6. The van der Waals surface area contributed by atoms with Crippen LogP contribution >= 0.6 is 0 Å². The third-order valence-electron chi connectivity index (χ3n) is 11.3. The van der Waals surface area contributed by atoms with Crippen LogP contribution in [0.2, 0.25) is 0 Å². The van der Waals surface area contributed by atoms with Gasteiger partial charge in [0.1, 0.15) is 0 Å². The normalized spacial score (nSPS) is 11.5. The number of anilines is 3. The van der Waals surface area contributed by atoms with E-state index >= 15 is 0 Å². The van der Waals surface area contributed by atoms with E-state index in [4.69, 9.17) is 0 Å². The highest BCUT2D eigenvalue weighted by molar-refractivity contribution is 6.14. The highest BCUT2D eigenvalue weighted by Gasteiger charge is 2.22. The van der Waals surface area contributed by atoms with Crippen molar-refractivity contribution < 1.29 is 0 Å². The third-order valence-corrected chi connectivity index (χ3v) is 11.3. The first-order chi connectivity index (χ1) is 28.3. The summed E-state index contributed by atoms with van der Waals surface area (Å²) in [5, 5.41) is 4.96. The van der Waals surface area contributed by atoms with Gasteiger partial charge in [0.05, 0.1) is 33.4 Å². The Labute approximate surface area is 331 Å². The predicted molar refractivity (Wildman–Crippen MR) is 241 cm³/mol. The maximum Gasteiger partial charge on any atom is 0.0702 e. The van der Waals surface area contributed by atoms with Gasteiger partial charge in [-0.3, -0.25) is 0 Å². The van der Waals surface area contributed by atoms with Crippen LogP contribution in [0.5, 0.6) is 0 Å². The summed E-state index contributed by atoms with van der Waals surface area (Å²) >= 11 is 0. The van der Waals surface area contributed by atoms with Gasteiger partial charge in [-0.25, -0.2) is 0 Å². The summed E-state index contributed by atoms with van der Waals surface area (Å²) < 4.78 is 4.85. The molecule has 0 spiro atoms. The molecule has 0 saturated heterocycles. The molecule has 268 valence electrons. The van der Waals surface area contributed by atoms with E-state index in [1.165, 1.54) is 60.3 Å². The molecular weight excluding hydrogens is 691 g/mol. The fourth-order valence-corrected chi connectivity index (χ4v) is 8.82. The molecule has 0 bridgehead atoms. The fourth-order valence-electron chi connectivity index (χ4n) is 8.82. The van der Waals surface area contributed by atoms with Crippen molar-refractivity contribution in [2.24, 2.45) is 0 Å². The number of para-hydroxylation sites is 7. The summed E-state index contributed by atoms with van der Waals surface area (Å²) in [6.07, 6.45) is 0. The summed E-state index contributed by atoms with van der Waals surface area (Å²) in [6, 6.07) is 81.2. The Bertz CT molecular complexity index is 3190. The van der Waals surface area contributed by atoms with Gasteiger partial charge in [-0.15, -0.1) is 0 Å². The zero-order valence-corrected chi connectivity index (χ0v) is 31.2. The lowest BCUT2D eigenvalue weighted by atomic mass is 10.00. The molecule has 9 aromatic carbocycles. The monoisotopic (exact) mass is 727 g/mol. The molecule has 0 amide bonds. The molecule has 0 aliphatic heterocycles. The fraction of sp³-hybridized carbons (Fsp3) is 0. The van der Waals surface area contributed by atoms with E-state index < -0.39 is 0 Å². The summed E-state index contributed by atoms with van der Waals surface area (Å²) in [5.74, 6) is 0. The van der Waals surface area contributed by atoms with Gasteiger partial charge >= 0.3 is 0 Å². The summed E-state index contributed by atoms with van der Waals surface area (Å²) in [5.41, 5.74) is 14.9. The first-order valence-corrected chi connectivity index (χ1v) is 19.5. The van der Waals surface area contributed by atoms with Gasteiger partial charge in [-0.1, -0.05) is 158 Å². The second-order valence-corrected chi connectivity index (χ2v) is 14.6. The summed E-state index contributed by atoms with van der Waals surface area (Å²) in [7, 11) is 0. The molecule has 3 nitrogen and oxygen atoms in total. The Balaban J connectivity index is 1.17. The van der Waals surface area contributed by atoms with Gasteiger partial charge in [0.2, 0.25) is 0 Å². The lowest BCUT2D eigenvalue weighted by molar-refractivity contribution is 1.15. The van der Waals surface area contributed by atoms with Crippen LogP contribution in [-0.4, -0.2) is 9.13 Å². The third kappa shape index (κ3) is 5.43. The van der Waals surface area contributed by atoms with E-state index in [1.54, 1.807) is 0 Å². The average Bonchev–Trinajstić information content (AvgIpc) is 3.81. The molecule has 57 heavy (non-hydrogen) atoms. The SMILES string of the molecule is c1ccc(-c2cccc(N(c3cccc(-c4cccc5c6ccccc6n(-c6ccccc6)c45)c3)c3ccccc3-n3c4ccccc4c4ccccc43)c2)cc1. The van der Waals surface area contributed by atoms with Crippen molar-refractivity contribution in [3.8, 4) is 33.6 Å². The molecule has 0 saturated carbocycles. The number of hydrogen-bond donors (Lipinski definition) is 0. The van der Waals surface area contributed by atoms with E-state index in [0.29, 0.717) is 0 Å². The predicted octanol–water partition coefficient (Wildman–Crippen LogP) is 14.7. The van der Waals surface area contributed by atoms with Crippen LogP contribution in [-0.2, 0) is 0 Å².